The van der Waals surface area contributed by atoms with Crippen LogP contribution in [0.25, 0.3) is 0 Å². The monoisotopic (exact) mass is 190 g/mol. The Balaban J connectivity index is 0.000000217. The van der Waals surface area contributed by atoms with Gasteiger partial charge in [-0.3, -0.25) is 4.79 Å². The van der Waals surface area contributed by atoms with Crippen molar-refractivity contribution in [2.75, 3.05) is 6.61 Å². The summed E-state index contributed by atoms with van der Waals surface area (Å²) < 4.78 is 9.00. The van der Waals surface area contributed by atoms with Crippen LogP contribution in [0.15, 0.2) is 22.8 Å². The summed E-state index contributed by atoms with van der Waals surface area (Å²) in [6.07, 6.45) is 1.61. The van der Waals surface area contributed by atoms with Crippen molar-refractivity contribution in [3.63, 3.8) is 0 Å². The lowest BCUT2D eigenvalue weighted by Crippen LogP contribution is -1.80. The average Bonchev–Trinajstić information content (AvgIpc) is 2.58. The highest BCUT2D eigenvalue weighted by Gasteiger charge is 1.86. The first kappa shape index (κ1) is 11.0. The van der Waals surface area contributed by atoms with Gasteiger partial charge in [-0.1, -0.05) is 0 Å². The second kappa shape index (κ2) is 8.14. The molecule has 0 saturated heterocycles. The minimum Gasteiger partial charge on any atom is -0.468 e. The van der Waals surface area contributed by atoms with Gasteiger partial charge < -0.3 is 9.15 Å². The van der Waals surface area contributed by atoms with Crippen LogP contribution in [0, 0.1) is 0 Å². The standard InChI is InChI=1S/C5H5ClO.C3H6O2/c6-4-5-2-1-3-7-5;1-2-5-3-4/h1-3H,4H2;3H,2H2,1H3. The van der Waals surface area contributed by atoms with Gasteiger partial charge >= 0.3 is 0 Å². The molecule has 0 aliphatic rings. The zero-order chi connectivity index (χ0) is 9.23. The molecule has 1 rings (SSSR count). The number of furan rings is 1. The summed E-state index contributed by atoms with van der Waals surface area (Å²) in [5, 5.41) is 0. The molecule has 0 saturated carbocycles. The van der Waals surface area contributed by atoms with Crippen LogP contribution in [-0.4, -0.2) is 13.1 Å². The number of hydrogen-bond acceptors (Lipinski definition) is 3. The molecule has 0 bridgehead atoms. The molecule has 12 heavy (non-hydrogen) atoms. The summed E-state index contributed by atoms with van der Waals surface area (Å²) >= 11 is 5.37. The summed E-state index contributed by atoms with van der Waals surface area (Å²) in [5.41, 5.74) is 0. The van der Waals surface area contributed by atoms with Crippen LogP contribution in [0.3, 0.4) is 0 Å². The Hall–Kier alpha value is -0.960. The summed E-state index contributed by atoms with van der Waals surface area (Å²) in [5.74, 6) is 1.29. The largest absolute Gasteiger partial charge is 0.468 e. The van der Waals surface area contributed by atoms with E-state index in [-0.39, 0.29) is 0 Å². The van der Waals surface area contributed by atoms with E-state index in [0.717, 1.165) is 5.76 Å². The SMILES string of the molecule is CCOC=O.ClCc1ccco1. The summed E-state index contributed by atoms with van der Waals surface area (Å²) in [4.78, 5) is 9.18. The highest BCUT2D eigenvalue weighted by Crippen LogP contribution is 2.01. The lowest BCUT2D eigenvalue weighted by molar-refractivity contribution is -0.128. The van der Waals surface area contributed by atoms with Crippen LogP contribution in [0.4, 0.5) is 0 Å². The van der Waals surface area contributed by atoms with Gasteiger partial charge in [0, 0.05) is 0 Å². The molecule has 0 aromatic carbocycles. The minimum atomic E-state index is 0.431. The first-order chi connectivity index (χ1) is 5.85. The van der Waals surface area contributed by atoms with Crippen molar-refractivity contribution < 1.29 is 13.9 Å². The van der Waals surface area contributed by atoms with Gasteiger partial charge in [0.2, 0.25) is 0 Å². The number of carbonyl (C=O) groups is 1. The molecule has 3 nitrogen and oxygen atoms in total. The van der Waals surface area contributed by atoms with Crippen LogP contribution in [0.5, 0.6) is 0 Å². The average molecular weight is 191 g/mol. The molecule has 4 heteroatoms. The van der Waals surface area contributed by atoms with E-state index >= 15 is 0 Å². The molecule has 0 atom stereocenters. The Kier molecular flexibility index (Phi) is 7.49. The van der Waals surface area contributed by atoms with E-state index in [9.17, 15) is 4.79 Å². The quantitative estimate of drug-likeness (QED) is 0.542. The van der Waals surface area contributed by atoms with Gasteiger partial charge in [0.1, 0.15) is 5.76 Å². The van der Waals surface area contributed by atoms with Crippen LogP contribution in [0.2, 0.25) is 0 Å². The van der Waals surface area contributed by atoms with Gasteiger partial charge in [0.05, 0.1) is 18.8 Å². The number of alkyl halides is 1. The maximum atomic E-state index is 9.18. The highest BCUT2D eigenvalue weighted by atomic mass is 35.5. The van der Waals surface area contributed by atoms with Gasteiger partial charge in [0.25, 0.3) is 6.47 Å². The fourth-order valence-corrected chi connectivity index (χ4v) is 0.609. The molecule has 1 aromatic rings. The third kappa shape index (κ3) is 5.80. The Bertz CT molecular complexity index is 184. The van der Waals surface area contributed by atoms with Crippen LogP contribution in [-0.2, 0) is 15.4 Å². The Morgan fingerprint density at radius 1 is 1.75 bits per heavy atom. The van der Waals surface area contributed by atoms with Crippen LogP contribution < -0.4 is 0 Å². The Morgan fingerprint density at radius 3 is 2.67 bits per heavy atom. The van der Waals surface area contributed by atoms with Gasteiger partial charge in [-0.25, -0.2) is 0 Å². The number of hydrogen-bond donors (Lipinski definition) is 0. The van der Waals surface area contributed by atoms with Crippen molar-refractivity contribution in [1.82, 2.24) is 0 Å². The van der Waals surface area contributed by atoms with Gasteiger partial charge in [-0.15, -0.1) is 11.6 Å². The molecule has 0 spiro atoms. The Labute approximate surface area is 76.3 Å². The lowest BCUT2D eigenvalue weighted by Gasteiger charge is -1.79. The van der Waals surface area contributed by atoms with Crippen LogP contribution >= 0.6 is 11.6 Å². The molecular formula is C8H11ClO3. The second-order valence-corrected chi connectivity index (χ2v) is 2.03. The molecule has 0 aliphatic carbocycles. The molecule has 0 radical (unpaired) electrons. The highest BCUT2D eigenvalue weighted by molar-refractivity contribution is 6.16. The predicted octanol–water partition coefficient (Wildman–Crippen LogP) is 2.20. The van der Waals surface area contributed by atoms with Crippen molar-refractivity contribution in [2.45, 2.75) is 12.8 Å². The van der Waals surface area contributed by atoms with Gasteiger partial charge in [0.15, 0.2) is 0 Å². The summed E-state index contributed by atoms with van der Waals surface area (Å²) in [6, 6.07) is 3.66. The van der Waals surface area contributed by atoms with Gasteiger partial charge in [-0.2, -0.15) is 0 Å². The van der Waals surface area contributed by atoms with Crippen molar-refractivity contribution in [2.24, 2.45) is 0 Å². The number of halogens is 1. The molecule has 0 unspecified atom stereocenters. The van der Waals surface area contributed by atoms with E-state index in [1.165, 1.54) is 0 Å². The van der Waals surface area contributed by atoms with E-state index in [1.807, 2.05) is 12.1 Å². The lowest BCUT2D eigenvalue weighted by atomic mass is 10.5. The molecule has 1 heterocycles. The third-order valence-electron chi connectivity index (χ3n) is 0.947. The molecule has 0 amide bonds. The van der Waals surface area contributed by atoms with Crippen molar-refractivity contribution in [3.05, 3.63) is 24.2 Å². The second-order valence-electron chi connectivity index (χ2n) is 1.76. The Morgan fingerprint density at radius 2 is 2.50 bits per heavy atom. The number of ether oxygens (including phenoxy) is 1. The first-order valence-corrected chi connectivity index (χ1v) is 4.02. The third-order valence-corrected chi connectivity index (χ3v) is 1.21. The minimum absolute atomic E-state index is 0.431. The van der Waals surface area contributed by atoms with Crippen molar-refractivity contribution in [1.29, 1.82) is 0 Å². The topological polar surface area (TPSA) is 39.4 Å². The maximum Gasteiger partial charge on any atom is 0.293 e. The van der Waals surface area contributed by atoms with Crippen molar-refractivity contribution >= 4 is 18.1 Å². The summed E-state index contributed by atoms with van der Waals surface area (Å²) in [7, 11) is 0. The van der Waals surface area contributed by atoms with E-state index in [1.54, 1.807) is 13.2 Å². The zero-order valence-corrected chi connectivity index (χ0v) is 7.58. The fourth-order valence-electron chi connectivity index (χ4n) is 0.457. The molecule has 68 valence electrons. The fraction of sp³-hybridized carbons (Fsp3) is 0.375. The smallest absolute Gasteiger partial charge is 0.293 e. The predicted molar refractivity (Wildman–Crippen MR) is 46.0 cm³/mol. The van der Waals surface area contributed by atoms with Gasteiger partial charge in [-0.05, 0) is 19.1 Å². The maximum absolute atomic E-state index is 9.18. The summed E-state index contributed by atoms with van der Waals surface area (Å²) in [6.45, 7) is 2.66. The van der Waals surface area contributed by atoms with E-state index in [0.29, 0.717) is 19.0 Å². The van der Waals surface area contributed by atoms with E-state index < -0.39 is 0 Å². The first-order valence-electron chi connectivity index (χ1n) is 3.48. The van der Waals surface area contributed by atoms with Crippen molar-refractivity contribution in [3.8, 4) is 0 Å². The molecule has 0 fully saturated rings. The van der Waals surface area contributed by atoms with E-state index in [4.69, 9.17) is 16.0 Å². The van der Waals surface area contributed by atoms with E-state index in [2.05, 4.69) is 4.74 Å². The molecule has 0 aliphatic heterocycles. The molecule has 1 aromatic heterocycles. The normalized spacial score (nSPS) is 8.17. The zero-order valence-electron chi connectivity index (χ0n) is 6.83. The molecule has 0 N–H and O–H groups in total. The molecular weight excluding hydrogens is 180 g/mol. The number of rotatable bonds is 3. The number of carbonyl (C=O) groups excluding carboxylic acids is 1. The van der Waals surface area contributed by atoms with Crippen LogP contribution in [0.1, 0.15) is 12.7 Å².